The van der Waals surface area contributed by atoms with Gasteiger partial charge >= 0.3 is 0 Å². The molecule has 1 spiro atoms. The summed E-state index contributed by atoms with van der Waals surface area (Å²) in [5, 5.41) is 3.59. The van der Waals surface area contributed by atoms with Gasteiger partial charge in [-0.25, -0.2) is 0 Å². The highest BCUT2D eigenvalue weighted by molar-refractivity contribution is 5.89. The summed E-state index contributed by atoms with van der Waals surface area (Å²) in [7, 11) is 0. The van der Waals surface area contributed by atoms with Gasteiger partial charge in [0.15, 0.2) is 0 Å². The summed E-state index contributed by atoms with van der Waals surface area (Å²) < 4.78 is 0. The molecule has 1 unspecified atom stereocenters. The Morgan fingerprint density at radius 2 is 1.89 bits per heavy atom. The van der Waals surface area contributed by atoms with E-state index in [4.69, 9.17) is 0 Å². The van der Waals surface area contributed by atoms with Crippen molar-refractivity contribution in [3.05, 3.63) is 0 Å². The Balaban J connectivity index is 1.75. The molecule has 3 aliphatic rings. The molecule has 1 amide bonds. The number of nitrogens with zero attached hydrogens (tertiary/aromatic N) is 1. The van der Waals surface area contributed by atoms with Gasteiger partial charge in [0, 0.05) is 6.54 Å². The summed E-state index contributed by atoms with van der Waals surface area (Å²) in [5.41, 5.74) is 0.238. The Morgan fingerprint density at radius 3 is 2.39 bits per heavy atom. The second kappa shape index (κ2) is 3.96. The van der Waals surface area contributed by atoms with E-state index < -0.39 is 0 Å². The van der Waals surface area contributed by atoms with E-state index in [-0.39, 0.29) is 11.7 Å². The lowest BCUT2D eigenvalue weighted by atomic mass is 9.91. The molecule has 3 nitrogen and oxygen atoms in total. The maximum absolute atomic E-state index is 12.7. The zero-order chi connectivity index (χ0) is 13.0. The third-order valence-corrected chi connectivity index (χ3v) is 5.68. The number of hydrogen-bond acceptors (Lipinski definition) is 2. The van der Waals surface area contributed by atoms with Crippen molar-refractivity contribution in [2.45, 2.75) is 71.0 Å². The lowest BCUT2D eigenvalue weighted by molar-refractivity contribution is -0.134. The van der Waals surface area contributed by atoms with E-state index in [0.29, 0.717) is 17.2 Å². The number of carbonyl (C=O) groups excluding carboxylic acids is 1. The maximum Gasteiger partial charge on any atom is 0.244 e. The molecule has 102 valence electrons. The van der Waals surface area contributed by atoms with Gasteiger partial charge in [-0.2, -0.15) is 0 Å². The molecule has 3 heteroatoms. The summed E-state index contributed by atoms with van der Waals surface area (Å²) in [6.07, 6.45) is 7.32. The Morgan fingerprint density at radius 1 is 1.28 bits per heavy atom. The predicted molar refractivity (Wildman–Crippen MR) is 72.0 cm³/mol. The van der Waals surface area contributed by atoms with Crippen molar-refractivity contribution in [3.63, 3.8) is 0 Å². The largest absolute Gasteiger partial charge is 0.325 e. The van der Waals surface area contributed by atoms with Crippen LogP contribution in [0.1, 0.15) is 59.3 Å². The first-order valence-electron chi connectivity index (χ1n) is 7.58. The van der Waals surface area contributed by atoms with E-state index in [1.807, 2.05) is 0 Å². The Kier molecular flexibility index (Phi) is 2.74. The molecule has 1 N–H and O–H groups in total. The second-order valence-electron chi connectivity index (χ2n) is 7.06. The van der Waals surface area contributed by atoms with E-state index in [0.717, 1.165) is 19.4 Å². The third kappa shape index (κ3) is 1.70. The minimum absolute atomic E-state index is 0.188. The molecule has 0 aromatic carbocycles. The standard InChI is InChI=1S/C15H26N2O/c1-11(2)14(8-9-14)10-17-12(3)16-15(13(17)18)6-4-5-7-15/h11-12,16H,4-10H2,1-3H3. The van der Waals surface area contributed by atoms with Crippen molar-refractivity contribution in [1.29, 1.82) is 0 Å². The molecule has 0 aromatic rings. The third-order valence-electron chi connectivity index (χ3n) is 5.68. The summed E-state index contributed by atoms with van der Waals surface area (Å²) in [4.78, 5) is 14.9. The molecular formula is C15H26N2O. The molecule has 0 bridgehead atoms. The van der Waals surface area contributed by atoms with Crippen LogP contribution in [-0.2, 0) is 4.79 Å². The molecular weight excluding hydrogens is 224 g/mol. The maximum atomic E-state index is 12.7. The zero-order valence-electron chi connectivity index (χ0n) is 12.0. The predicted octanol–water partition coefficient (Wildman–Crippen LogP) is 2.51. The van der Waals surface area contributed by atoms with Crippen LogP contribution in [0.25, 0.3) is 0 Å². The van der Waals surface area contributed by atoms with E-state index >= 15 is 0 Å². The number of rotatable bonds is 3. The van der Waals surface area contributed by atoms with Crippen molar-refractivity contribution in [2.75, 3.05) is 6.54 Å². The summed E-state index contributed by atoms with van der Waals surface area (Å²) >= 11 is 0. The molecule has 0 radical (unpaired) electrons. The number of carbonyl (C=O) groups is 1. The van der Waals surface area contributed by atoms with Crippen LogP contribution in [0, 0.1) is 11.3 Å². The molecule has 3 rings (SSSR count). The molecule has 3 fully saturated rings. The molecule has 1 heterocycles. The fourth-order valence-electron chi connectivity index (χ4n) is 3.95. The number of nitrogens with one attached hydrogen (secondary N) is 1. The smallest absolute Gasteiger partial charge is 0.244 e. The quantitative estimate of drug-likeness (QED) is 0.834. The van der Waals surface area contributed by atoms with Crippen LogP contribution in [0.4, 0.5) is 0 Å². The molecule has 1 aliphatic heterocycles. The molecule has 1 atom stereocenters. The van der Waals surface area contributed by atoms with Gasteiger partial charge in [-0.15, -0.1) is 0 Å². The van der Waals surface area contributed by atoms with Crippen LogP contribution >= 0.6 is 0 Å². The summed E-state index contributed by atoms with van der Waals surface area (Å²) in [6, 6.07) is 0. The first-order valence-corrected chi connectivity index (χ1v) is 7.58. The van der Waals surface area contributed by atoms with E-state index in [1.54, 1.807) is 0 Å². The van der Waals surface area contributed by atoms with E-state index in [1.165, 1.54) is 25.7 Å². The Labute approximate surface area is 110 Å². The highest BCUT2D eigenvalue weighted by Crippen LogP contribution is 2.53. The number of amides is 1. The molecule has 18 heavy (non-hydrogen) atoms. The van der Waals surface area contributed by atoms with E-state index in [2.05, 4.69) is 31.0 Å². The van der Waals surface area contributed by atoms with Gasteiger partial charge in [-0.1, -0.05) is 26.7 Å². The average Bonchev–Trinajstić information content (AvgIpc) is 2.91. The first-order chi connectivity index (χ1) is 8.49. The van der Waals surface area contributed by atoms with Gasteiger partial charge in [0.05, 0.1) is 11.7 Å². The first kappa shape index (κ1) is 12.5. The second-order valence-corrected chi connectivity index (χ2v) is 7.06. The SMILES string of the molecule is CC1NC2(CCCC2)C(=O)N1CC1(C(C)C)CC1. The summed E-state index contributed by atoms with van der Waals surface area (Å²) in [6.45, 7) is 7.73. The molecule has 0 aromatic heterocycles. The number of hydrogen-bond donors (Lipinski definition) is 1. The van der Waals surface area contributed by atoms with Crippen molar-refractivity contribution in [1.82, 2.24) is 10.2 Å². The van der Waals surface area contributed by atoms with Gasteiger partial charge < -0.3 is 4.90 Å². The van der Waals surface area contributed by atoms with Crippen LogP contribution in [0.5, 0.6) is 0 Å². The monoisotopic (exact) mass is 250 g/mol. The van der Waals surface area contributed by atoms with Crippen molar-refractivity contribution >= 4 is 5.91 Å². The van der Waals surface area contributed by atoms with Crippen molar-refractivity contribution < 1.29 is 4.79 Å². The Hall–Kier alpha value is -0.570. The van der Waals surface area contributed by atoms with E-state index in [9.17, 15) is 4.79 Å². The highest BCUT2D eigenvalue weighted by Gasteiger charge is 2.55. The average molecular weight is 250 g/mol. The lowest BCUT2D eigenvalue weighted by Crippen LogP contribution is -2.44. The van der Waals surface area contributed by atoms with Crippen molar-refractivity contribution in [2.24, 2.45) is 11.3 Å². The lowest BCUT2D eigenvalue weighted by Gasteiger charge is -2.29. The normalized spacial score (nSPS) is 32.8. The van der Waals surface area contributed by atoms with Gasteiger partial charge in [0.25, 0.3) is 0 Å². The van der Waals surface area contributed by atoms with Crippen LogP contribution in [0.15, 0.2) is 0 Å². The summed E-state index contributed by atoms with van der Waals surface area (Å²) in [5.74, 6) is 1.08. The van der Waals surface area contributed by atoms with Crippen LogP contribution < -0.4 is 5.32 Å². The van der Waals surface area contributed by atoms with Gasteiger partial charge in [0.2, 0.25) is 5.91 Å². The topological polar surface area (TPSA) is 32.3 Å². The van der Waals surface area contributed by atoms with Gasteiger partial charge in [-0.05, 0) is 43.9 Å². The van der Waals surface area contributed by atoms with Gasteiger partial charge in [0.1, 0.15) is 0 Å². The van der Waals surface area contributed by atoms with Crippen molar-refractivity contribution in [3.8, 4) is 0 Å². The van der Waals surface area contributed by atoms with Crippen LogP contribution in [-0.4, -0.2) is 29.1 Å². The minimum Gasteiger partial charge on any atom is -0.325 e. The fourth-order valence-corrected chi connectivity index (χ4v) is 3.95. The van der Waals surface area contributed by atoms with Crippen LogP contribution in [0.3, 0.4) is 0 Å². The zero-order valence-corrected chi connectivity index (χ0v) is 12.0. The fraction of sp³-hybridized carbons (Fsp3) is 0.933. The highest BCUT2D eigenvalue weighted by atomic mass is 16.2. The molecule has 2 saturated carbocycles. The van der Waals surface area contributed by atoms with Crippen LogP contribution in [0.2, 0.25) is 0 Å². The Bertz CT molecular complexity index is 354. The molecule has 2 aliphatic carbocycles. The minimum atomic E-state index is -0.188. The van der Waals surface area contributed by atoms with Gasteiger partial charge in [-0.3, -0.25) is 10.1 Å². The molecule has 1 saturated heterocycles.